The van der Waals surface area contributed by atoms with Crippen molar-refractivity contribution in [3.8, 4) is 0 Å². The summed E-state index contributed by atoms with van der Waals surface area (Å²) in [6, 6.07) is 0.917. The average molecular weight is 343 g/mol. The highest BCUT2D eigenvalue weighted by Crippen LogP contribution is 2.22. The Morgan fingerprint density at radius 2 is 2.30 bits per heavy atom. The van der Waals surface area contributed by atoms with E-state index in [4.69, 9.17) is 9.26 Å². The van der Waals surface area contributed by atoms with Crippen molar-refractivity contribution in [2.24, 2.45) is 0 Å². The topological polar surface area (TPSA) is 102 Å². The van der Waals surface area contributed by atoms with E-state index in [-0.39, 0.29) is 35.6 Å². The molecular weight excluding hydrogens is 322 g/mol. The number of sulfone groups is 1. The van der Waals surface area contributed by atoms with Gasteiger partial charge in [-0.3, -0.25) is 5.32 Å². The summed E-state index contributed by atoms with van der Waals surface area (Å²) in [6.07, 6.45) is 2.26. The molecule has 2 amide bonds. The smallest absolute Gasteiger partial charge is 0.324 e. The van der Waals surface area contributed by atoms with E-state index in [1.165, 1.54) is 0 Å². The van der Waals surface area contributed by atoms with Gasteiger partial charge in [-0.25, -0.2) is 13.2 Å². The second kappa shape index (κ2) is 6.48. The summed E-state index contributed by atoms with van der Waals surface area (Å²) in [5, 5.41) is 6.37. The van der Waals surface area contributed by atoms with Crippen molar-refractivity contribution in [1.82, 2.24) is 10.1 Å². The number of amides is 2. The molecule has 9 heteroatoms. The molecule has 8 nitrogen and oxygen atoms in total. The molecule has 3 rings (SSSR count). The number of nitrogens with zero attached hydrogens (tertiary/aromatic N) is 2. The van der Waals surface area contributed by atoms with E-state index in [1.54, 1.807) is 17.9 Å². The van der Waals surface area contributed by atoms with Gasteiger partial charge in [0.1, 0.15) is 0 Å². The molecule has 2 aliphatic heterocycles. The average Bonchev–Trinajstić information content (AvgIpc) is 3.18. The number of rotatable bonds is 4. The van der Waals surface area contributed by atoms with Crippen LogP contribution in [0.1, 0.15) is 25.0 Å². The van der Waals surface area contributed by atoms with E-state index >= 15 is 0 Å². The lowest BCUT2D eigenvalue weighted by molar-refractivity contribution is 0.0749. The number of nitrogens with one attached hydrogen (secondary N) is 1. The Hall–Kier alpha value is -1.61. The maximum atomic E-state index is 12.6. The van der Waals surface area contributed by atoms with Gasteiger partial charge in [-0.15, -0.1) is 0 Å². The highest BCUT2D eigenvalue weighted by molar-refractivity contribution is 7.91. The monoisotopic (exact) mass is 343 g/mol. The SMILES string of the molecule is Cc1cc(NC(=O)N(C[C@H]2CCCO2)[C@H]2CCS(=O)(=O)C2)on1. The minimum atomic E-state index is -3.07. The van der Waals surface area contributed by atoms with Crippen LogP contribution in [0, 0.1) is 6.92 Å². The normalized spacial score (nSPS) is 26.3. The van der Waals surface area contributed by atoms with Crippen LogP contribution >= 0.6 is 0 Å². The third kappa shape index (κ3) is 4.03. The third-order valence-electron chi connectivity index (χ3n) is 4.19. The van der Waals surface area contributed by atoms with Crippen molar-refractivity contribution < 1.29 is 22.5 Å². The van der Waals surface area contributed by atoms with E-state index in [0.29, 0.717) is 25.3 Å². The largest absolute Gasteiger partial charge is 0.376 e. The molecule has 1 aromatic rings. The fourth-order valence-electron chi connectivity index (χ4n) is 3.03. The minimum Gasteiger partial charge on any atom is -0.376 e. The van der Waals surface area contributed by atoms with Gasteiger partial charge in [0.05, 0.1) is 23.3 Å². The number of aryl methyl sites for hydroxylation is 1. The van der Waals surface area contributed by atoms with Gasteiger partial charge >= 0.3 is 6.03 Å². The molecule has 2 atom stereocenters. The fraction of sp³-hybridized carbons (Fsp3) is 0.714. The summed E-state index contributed by atoms with van der Waals surface area (Å²) in [4.78, 5) is 14.2. The van der Waals surface area contributed by atoms with E-state index in [1.807, 2.05) is 0 Å². The molecule has 0 bridgehead atoms. The van der Waals surface area contributed by atoms with Crippen molar-refractivity contribution >= 4 is 21.8 Å². The van der Waals surface area contributed by atoms with Crippen LogP contribution in [0.2, 0.25) is 0 Å². The van der Waals surface area contributed by atoms with Crippen molar-refractivity contribution in [2.75, 3.05) is 30.0 Å². The predicted octanol–water partition coefficient (Wildman–Crippen LogP) is 1.18. The molecule has 2 saturated heterocycles. The molecule has 0 spiro atoms. The Balaban J connectivity index is 1.72. The van der Waals surface area contributed by atoms with E-state index in [0.717, 1.165) is 12.8 Å². The molecular formula is C14H21N3O5S. The minimum absolute atomic E-state index is 0.00255. The van der Waals surface area contributed by atoms with Crippen LogP contribution in [0.15, 0.2) is 10.6 Å². The number of urea groups is 1. The van der Waals surface area contributed by atoms with Crippen molar-refractivity contribution in [2.45, 2.75) is 38.3 Å². The van der Waals surface area contributed by atoms with Crippen molar-refractivity contribution in [1.29, 1.82) is 0 Å². The first-order valence-corrected chi connectivity index (χ1v) is 9.58. The maximum absolute atomic E-state index is 12.6. The van der Waals surface area contributed by atoms with E-state index in [9.17, 15) is 13.2 Å². The Morgan fingerprint density at radius 3 is 2.87 bits per heavy atom. The van der Waals surface area contributed by atoms with Gasteiger partial charge in [0.15, 0.2) is 9.84 Å². The summed E-state index contributed by atoms with van der Waals surface area (Å²) >= 11 is 0. The maximum Gasteiger partial charge on any atom is 0.324 e. The predicted molar refractivity (Wildman–Crippen MR) is 83.0 cm³/mol. The number of ether oxygens (including phenoxy) is 1. The van der Waals surface area contributed by atoms with Gasteiger partial charge in [0.25, 0.3) is 0 Å². The van der Waals surface area contributed by atoms with Crippen LogP contribution in [0.3, 0.4) is 0 Å². The van der Waals surface area contributed by atoms with Crippen LogP contribution in [-0.2, 0) is 14.6 Å². The molecule has 3 heterocycles. The van der Waals surface area contributed by atoms with Crippen LogP contribution in [0.5, 0.6) is 0 Å². The zero-order valence-electron chi connectivity index (χ0n) is 13.0. The molecule has 0 unspecified atom stereocenters. The Kier molecular flexibility index (Phi) is 4.58. The lowest BCUT2D eigenvalue weighted by Crippen LogP contribution is -2.47. The molecule has 1 aromatic heterocycles. The second-order valence-electron chi connectivity index (χ2n) is 6.11. The third-order valence-corrected chi connectivity index (χ3v) is 5.94. The van der Waals surface area contributed by atoms with Gasteiger partial charge in [-0.2, -0.15) is 0 Å². The zero-order chi connectivity index (χ0) is 16.4. The number of carbonyl (C=O) groups excluding carboxylic acids is 1. The molecule has 1 N–H and O–H groups in total. The highest BCUT2D eigenvalue weighted by Gasteiger charge is 2.36. The molecule has 0 radical (unpaired) electrons. The summed E-state index contributed by atoms with van der Waals surface area (Å²) in [5.74, 6) is 0.377. The molecule has 0 aromatic carbocycles. The lowest BCUT2D eigenvalue weighted by atomic mass is 10.2. The molecule has 0 saturated carbocycles. The van der Waals surface area contributed by atoms with E-state index in [2.05, 4.69) is 10.5 Å². The molecule has 2 fully saturated rings. The summed E-state index contributed by atoms with van der Waals surface area (Å²) in [7, 11) is -3.07. The van der Waals surface area contributed by atoms with Gasteiger partial charge in [0, 0.05) is 25.3 Å². The summed E-state index contributed by atoms with van der Waals surface area (Å²) in [5.41, 5.74) is 0.662. The number of hydrogen-bond acceptors (Lipinski definition) is 6. The summed E-state index contributed by atoms with van der Waals surface area (Å²) in [6.45, 7) is 2.83. The lowest BCUT2D eigenvalue weighted by Gasteiger charge is -2.30. The number of carbonyl (C=O) groups is 1. The van der Waals surface area contributed by atoms with Gasteiger partial charge in [0.2, 0.25) is 5.88 Å². The quantitative estimate of drug-likeness (QED) is 0.881. The van der Waals surface area contributed by atoms with Crippen molar-refractivity contribution in [3.63, 3.8) is 0 Å². The second-order valence-corrected chi connectivity index (χ2v) is 8.34. The Labute approximate surface area is 135 Å². The Morgan fingerprint density at radius 1 is 1.48 bits per heavy atom. The highest BCUT2D eigenvalue weighted by atomic mass is 32.2. The van der Waals surface area contributed by atoms with Crippen LogP contribution in [0.25, 0.3) is 0 Å². The first-order chi connectivity index (χ1) is 10.9. The van der Waals surface area contributed by atoms with Crippen LogP contribution < -0.4 is 5.32 Å². The van der Waals surface area contributed by atoms with E-state index < -0.39 is 9.84 Å². The van der Waals surface area contributed by atoms with Crippen LogP contribution in [-0.4, -0.2) is 61.3 Å². The molecule has 2 aliphatic rings. The van der Waals surface area contributed by atoms with Crippen molar-refractivity contribution in [3.05, 3.63) is 11.8 Å². The van der Waals surface area contributed by atoms with Crippen LogP contribution in [0.4, 0.5) is 10.7 Å². The molecule has 23 heavy (non-hydrogen) atoms. The standard InChI is InChI=1S/C14H21N3O5S/c1-10-7-13(22-16-10)15-14(18)17(8-12-3-2-5-21-12)11-4-6-23(19,20)9-11/h7,11-12H,2-6,8-9H2,1H3,(H,15,18)/t11-,12+/m0/s1. The summed E-state index contributed by atoms with van der Waals surface area (Å²) < 4.78 is 34.1. The molecule has 128 valence electrons. The van der Waals surface area contributed by atoms with Gasteiger partial charge in [-0.05, 0) is 26.2 Å². The number of anilines is 1. The number of hydrogen-bond donors (Lipinski definition) is 1. The molecule has 0 aliphatic carbocycles. The number of aromatic nitrogens is 1. The first kappa shape index (κ1) is 16.3. The van der Waals surface area contributed by atoms with Gasteiger partial charge in [-0.1, -0.05) is 5.16 Å². The van der Waals surface area contributed by atoms with Gasteiger partial charge < -0.3 is 14.2 Å². The fourth-order valence-corrected chi connectivity index (χ4v) is 4.76. The zero-order valence-corrected chi connectivity index (χ0v) is 13.8. The first-order valence-electron chi connectivity index (χ1n) is 7.76. The Bertz CT molecular complexity index is 666.